The van der Waals surface area contributed by atoms with Crippen LogP contribution in [-0.2, 0) is 11.4 Å². The lowest BCUT2D eigenvalue weighted by Crippen LogP contribution is -2.37. The molecule has 2 heterocycles. The van der Waals surface area contributed by atoms with E-state index < -0.39 is 0 Å². The zero-order valence-electron chi connectivity index (χ0n) is 11.8. The molecule has 2 aromatic rings. The SMILES string of the molecule is CC(=O)N1CCOc2cc(COc3ccccc3)cnc21. The Morgan fingerprint density at radius 2 is 2.19 bits per heavy atom. The molecule has 0 saturated carbocycles. The number of aromatic nitrogens is 1. The van der Waals surface area contributed by atoms with Crippen LogP contribution >= 0.6 is 0 Å². The molecule has 1 aliphatic rings. The molecule has 1 amide bonds. The normalized spacial score (nSPS) is 13.3. The molecule has 0 unspecified atom stereocenters. The first kappa shape index (κ1) is 13.4. The van der Waals surface area contributed by atoms with Crippen LogP contribution in [0.15, 0.2) is 42.6 Å². The van der Waals surface area contributed by atoms with Crippen LogP contribution in [0.3, 0.4) is 0 Å². The molecule has 0 N–H and O–H groups in total. The molecule has 108 valence electrons. The van der Waals surface area contributed by atoms with Crippen molar-refractivity contribution in [2.45, 2.75) is 13.5 Å². The van der Waals surface area contributed by atoms with Gasteiger partial charge in [0.2, 0.25) is 5.91 Å². The second-order valence-electron chi connectivity index (χ2n) is 4.79. The average Bonchev–Trinajstić information content (AvgIpc) is 2.53. The number of pyridine rings is 1. The first-order valence-corrected chi connectivity index (χ1v) is 6.82. The fourth-order valence-corrected chi connectivity index (χ4v) is 2.21. The fraction of sp³-hybridized carbons (Fsp3) is 0.250. The second kappa shape index (κ2) is 5.83. The summed E-state index contributed by atoms with van der Waals surface area (Å²) >= 11 is 0. The summed E-state index contributed by atoms with van der Waals surface area (Å²) in [7, 11) is 0. The first-order chi connectivity index (χ1) is 10.2. The van der Waals surface area contributed by atoms with Gasteiger partial charge in [0.25, 0.3) is 0 Å². The lowest BCUT2D eigenvalue weighted by molar-refractivity contribution is -0.116. The van der Waals surface area contributed by atoms with E-state index in [9.17, 15) is 4.79 Å². The Bertz CT molecular complexity index is 643. The Kier molecular flexibility index (Phi) is 3.73. The van der Waals surface area contributed by atoms with Crippen LogP contribution in [0.1, 0.15) is 12.5 Å². The molecular formula is C16H16N2O3. The minimum atomic E-state index is -0.0275. The molecule has 5 nitrogen and oxygen atoms in total. The number of hydrogen-bond donors (Lipinski definition) is 0. The van der Waals surface area contributed by atoms with E-state index in [-0.39, 0.29) is 5.91 Å². The van der Waals surface area contributed by atoms with Gasteiger partial charge in [0.15, 0.2) is 11.6 Å². The molecule has 0 fully saturated rings. The number of carbonyl (C=O) groups is 1. The van der Waals surface area contributed by atoms with Gasteiger partial charge in [-0.05, 0) is 18.2 Å². The smallest absolute Gasteiger partial charge is 0.225 e. The highest BCUT2D eigenvalue weighted by molar-refractivity contribution is 5.92. The van der Waals surface area contributed by atoms with E-state index in [4.69, 9.17) is 9.47 Å². The van der Waals surface area contributed by atoms with E-state index in [1.165, 1.54) is 6.92 Å². The van der Waals surface area contributed by atoms with Gasteiger partial charge in [-0.2, -0.15) is 0 Å². The van der Waals surface area contributed by atoms with Gasteiger partial charge < -0.3 is 9.47 Å². The van der Waals surface area contributed by atoms with E-state index >= 15 is 0 Å². The molecule has 0 aliphatic carbocycles. The van der Waals surface area contributed by atoms with Gasteiger partial charge in [-0.3, -0.25) is 9.69 Å². The van der Waals surface area contributed by atoms with Gasteiger partial charge in [-0.15, -0.1) is 0 Å². The third kappa shape index (κ3) is 2.97. The topological polar surface area (TPSA) is 51.7 Å². The quantitative estimate of drug-likeness (QED) is 0.868. The molecule has 1 aliphatic heterocycles. The minimum absolute atomic E-state index is 0.0275. The Hall–Kier alpha value is -2.56. The number of amides is 1. The molecule has 0 spiro atoms. The van der Waals surface area contributed by atoms with Crippen molar-refractivity contribution >= 4 is 11.7 Å². The van der Waals surface area contributed by atoms with Crippen LogP contribution in [0.25, 0.3) is 0 Å². The summed E-state index contributed by atoms with van der Waals surface area (Å²) in [6.07, 6.45) is 1.71. The summed E-state index contributed by atoms with van der Waals surface area (Å²) in [5.41, 5.74) is 0.906. The van der Waals surface area contributed by atoms with E-state index in [0.717, 1.165) is 11.3 Å². The van der Waals surface area contributed by atoms with Crippen molar-refractivity contribution in [1.82, 2.24) is 4.98 Å². The number of ether oxygens (including phenoxy) is 2. The van der Waals surface area contributed by atoms with E-state index in [2.05, 4.69) is 4.98 Å². The minimum Gasteiger partial charge on any atom is -0.489 e. The van der Waals surface area contributed by atoms with Crippen LogP contribution in [0, 0.1) is 0 Å². The van der Waals surface area contributed by atoms with Crippen LogP contribution < -0.4 is 14.4 Å². The molecule has 0 saturated heterocycles. The van der Waals surface area contributed by atoms with Crippen LogP contribution in [0.2, 0.25) is 0 Å². The molecule has 0 radical (unpaired) electrons. The number of benzene rings is 1. The number of nitrogens with zero attached hydrogens (tertiary/aromatic N) is 2. The highest BCUT2D eigenvalue weighted by Crippen LogP contribution is 2.30. The van der Waals surface area contributed by atoms with E-state index in [0.29, 0.717) is 31.3 Å². The van der Waals surface area contributed by atoms with Crippen molar-refractivity contribution in [1.29, 1.82) is 0 Å². The van der Waals surface area contributed by atoms with Crippen molar-refractivity contribution in [2.75, 3.05) is 18.1 Å². The van der Waals surface area contributed by atoms with Gasteiger partial charge in [0, 0.05) is 18.7 Å². The Balaban J connectivity index is 1.75. The number of para-hydroxylation sites is 1. The van der Waals surface area contributed by atoms with E-state index in [1.807, 2.05) is 36.4 Å². The van der Waals surface area contributed by atoms with Gasteiger partial charge in [-0.25, -0.2) is 4.98 Å². The maximum Gasteiger partial charge on any atom is 0.225 e. The van der Waals surface area contributed by atoms with E-state index in [1.54, 1.807) is 11.1 Å². The highest BCUT2D eigenvalue weighted by atomic mass is 16.5. The number of carbonyl (C=O) groups excluding carboxylic acids is 1. The summed E-state index contributed by atoms with van der Waals surface area (Å²) in [6, 6.07) is 11.5. The zero-order chi connectivity index (χ0) is 14.7. The van der Waals surface area contributed by atoms with Crippen LogP contribution in [0.4, 0.5) is 5.82 Å². The molecule has 1 aromatic carbocycles. The molecule has 5 heteroatoms. The highest BCUT2D eigenvalue weighted by Gasteiger charge is 2.22. The molecule has 3 rings (SSSR count). The third-order valence-corrected chi connectivity index (χ3v) is 3.25. The summed E-state index contributed by atoms with van der Waals surface area (Å²) in [6.45, 7) is 2.96. The van der Waals surface area contributed by atoms with Crippen molar-refractivity contribution in [3.8, 4) is 11.5 Å². The summed E-state index contributed by atoms with van der Waals surface area (Å²) in [5, 5.41) is 0. The van der Waals surface area contributed by atoms with Crippen LogP contribution in [-0.4, -0.2) is 24.0 Å². The number of hydrogen-bond acceptors (Lipinski definition) is 4. The number of rotatable bonds is 3. The standard InChI is InChI=1S/C16H16N2O3/c1-12(19)18-7-8-20-15-9-13(10-17-16(15)18)11-21-14-5-3-2-4-6-14/h2-6,9-10H,7-8,11H2,1H3. The Labute approximate surface area is 123 Å². The van der Waals surface area contributed by atoms with Gasteiger partial charge in [0.05, 0.1) is 6.54 Å². The van der Waals surface area contributed by atoms with Crippen LogP contribution in [0.5, 0.6) is 11.5 Å². The van der Waals surface area contributed by atoms with Gasteiger partial charge >= 0.3 is 0 Å². The summed E-state index contributed by atoms with van der Waals surface area (Å²) in [4.78, 5) is 17.5. The summed E-state index contributed by atoms with van der Waals surface area (Å²) in [5.74, 6) is 1.99. The molecule has 1 aromatic heterocycles. The average molecular weight is 284 g/mol. The molecule has 0 atom stereocenters. The lowest BCUT2D eigenvalue weighted by Gasteiger charge is -2.27. The Morgan fingerprint density at radius 1 is 1.38 bits per heavy atom. The number of anilines is 1. The van der Waals surface area contributed by atoms with Crippen molar-refractivity contribution in [2.24, 2.45) is 0 Å². The predicted molar refractivity (Wildman–Crippen MR) is 78.5 cm³/mol. The van der Waals surface area contributed by atoms with Crippen molar-refractivity contribution in [3.63, 3.8) is 0 Å². The first-order valence-electron chi connectivity index (χ1n) is 6.82. The number of fused-ring (bicyclic) bond motifs is 1. The summed E-state index contributed by atoms with van der Waals surface area (Å²) < 4.78 is 11.3. The second-order valence-corrected chi connectivity index (χ2v) is 4.79. The van der Waals surface area contributed by atoms with Gasteiger partial charge in [0.1, 0.15) is 19.0 Å². The Morgan fingerprint density at radius 3 is 2.95 bits per heavy atom. The van der Waals surface area contributed by atoms with Crippen molar-refractivity contribution < 1.29 is 14.3 Å². The fourth-order valence-electron chi connectivity index (χ4n) is 2.21. The molecule has 0 bridgehead atoms. The third-order valence-electron chi connectivity index (χ3n) is 3.25. The maximum atomic E-state index is 11.6. The predicted octanol–water partition coefficient (Wildman–Crippen LogP) is 2.41. The molecular weight excluding hydrogens is 268 g/mol. The lowest BCUT2D eigenvalue weighted by atomic mass is 10.2. The monoisotopic (exact) mass is 284 g/mol. The zero-order valence-corrected chi connectivity index (χ0v) is 11.8. The maximum absolute atomic E-state index is 11.6. The van der Waals surface area contributed by atoms with Crippen molar-refractivity contribution in [3.05, 3.63) is 48.2 Å². The molecule has 21 heavy (non-hydrogen) atoms. The van der Waals surface area contributed by atoms with Gasteiger partial charge in [-0.1, -0.05) is 18.2 Å². The largest absolute Gasteiger partial charge is 0.489 e.